The maximum Gasteiger partial charge on any atom is 0.0710 e. The minimum absolute atomic E-state index is 0.249. The Kier molecular flexibility index (Phi) is 3.50. The van der Waals surface area contributed by atoms with Crippen LogP contribution in [0.4, 0.5) is 0 Å². The highest BCUT2D eigenvalue weighted by Gasteiger charge is 2.27. The van der Waals surface area contributed by atoms with E-state index >= 15 is 0 Å². The number of methoxy groups -OCH3 is 1. The van der Waals surface area contributed by atoms with Crippen molar-refractivity contribution in [3.63, 3.8) is 0 Å². The number of likely N-dealkylation sites (tertiary alicyclic amines) is 1. The van der Waals surface area contributed by atoms with Gasteiger partial charge in [0.25, 0.3) is 0 Å². The molecule has 3 heteroatoms. The van der Waals surface area contributed by atoms with Crippen LogP contribution in [0, 0.1) is 0 Å². The van der Waals surface area contributed by atoms with Crippen LogP contribution in [0.1, 0.15) is 20.3 Å². The van der Waals surface area contributed by atoms with Crippen LogP contribution < -0.4 is 0 Å². The molecule has 0 bridgehead atoms. The molecule has 1 aliphatic rings. The van der Waals surface area contributed by atoms with Crippen LogP contribution in [-0.4, -0.2) is 48.5 Å². The van der Waals surface area contributed by atoms with E-state index in [1.807, 2.05) is 6.92 Å². The van der Waals surface area contributed by atoms with Gasteiger partial charge in [-0.25, -0.2) is 0 Å². The number of hydrogen-bond donors (Lipinski definition) is 1. The van der Waals surface area contributed by atoms with Crippen molar-refractivity contribution in [1.29, 1.82) is 0 Å². The van der Waals surface area contributed by atoms with E-state index in [1.165, 1.54) is 0 Å². The number of aliphatic hydroxyl groups excluding tert-OH is 1. The number of hydrogen-bond acceptors (Lipinski definition) is 3. The summed E-state index contributed by atoms with van der Waals surface area (Å²) in [6.07, 6.45) is 1.21. The van der Waals surface area contributed by atoms with Crippen molar-refractivity contribution >= 4 is 0 Å². The van der Waals surface area contributed by atoms with Crippen molar-refractivity contribution in [2.75, 3.05) is 20.2 Å². The zero-order chi connectivity index (χ0) is 9.14. The van der Waals surface area contributed by atoms with Crippen molar-refractivity contribution < 1.29 is 9.84 Å². The first-order valence-electron chi connectivity index (χ1n) is 4.60. The van der Waals surface area contributed by atoms with Crippen molar-refractivity contribution in [2.24, 2.45) is 0 Å². The summed E-state index contributed by atoms with van der Waals surface area (Å²) >= 11 is 0. The minimum Gasteiger partial charge on any atom is -0.392 e. The molecule has 0 aromatic heterocycles. The third kappa shape index (κ3) is 2.19. The molecule has 1 N–H and O–H groups in total. The second-order valence-electron chi connectivity index (χ2n) is 3.62. The molecule has 0 aromatic rings. The van der Waals surface area contributed by atoms with Gasteiger partial charge in [-0.3, -0.25) is 4.90 Å². The number of nitrogens with zero attached hydrogens (tertiary/aromatic N) is 1. The van der Waals surface area contributed by atoms with Gasteiger partial charge in [-0.15, -0.1) is 0 Å². The Labute approximate surface area is 74.3 Å². The van der Waals surface area contributed by atoms with Gasteiger partial charge in [0.2, 0.25) is 0 Å². The smallest absolute Gasteiger partial charge is 0.0710 e. The summed E-state index contributed by atoms with van der Waals surface area (Å²) in [4.78, 5) is 2.28. The Morgan fingerprint density at radius 3 is 2.58 bits per heavy atom. The molecule has 1 fully saturated rings. The summed E-state index contributed by atoms with van der Waals surface area (Å²) in [7, 11) is 1.75. The average Bonchev–Trinajstić information content (AvgIpc) is 2.50. The van der Waals surface area contributed by atoms with E-state index in [0.717, 1.165) is 19.5 Å². The van der Waals surface area contributed by atoms with Gasteiger partial charge in [-0.2, -0.15) is 0 Å². The second kappa shape index (κ2) is 4.21. The highest BCUT2D eigenvalue weighted by molar-refractivity contribution is 4.81. The van der Waals surface area contributed by atoms with Gasteiger partial charge in [-0.05, 0) is 20.3 Å². The largest absolute Gasteiger partial charge is 0.392 e. The van der Waals surface area contributed by atoms with Crippen LogP contribution in [-0.2, 0) is 4.74 Å². The Bertz CT molecular complexity index is 138. The van der Waals surface area contributed by atoms with E-state index < -0.39 is 0 Å². The van der Waals surface area contributed by atoms with Crippen molar-refractivity contribution in [1.82, 2.24) is 4.90 Å². The predicted molar refractivity (Wildman–Crippen MR) is 48.1 cm³/mol. The number of ether oxygens (including phenoxy) is 1. The van der Waals surface area contributed by atoms with Gasteiger partial charge in [-0.1, -0.05) is 0 Å². The van der Waals surface area contributed by atoms with E-state index in [4.69, 9.17) is 4.74 Å². The maximum atomic E-state index is 9.36. The molecule has 2 unspecified atom stereocenters. The summed E-state index contributed by atoms with van der Waals surface area (Å²) in [5, 5.41) is 9.36. The van der Waals surface area contributed by atoms with Gasteiger partial charge in [0.15, 0.2) is 0 Å². The Balaban J connectivity index is 2.35. The molecule has 0 aromatic carbocycles. The zero-order valence-corrected chi connectivity index (χ0v) is 8.16. The predicted octanol–water partition coefficient (Wildman–Crippen LogP) is 0.476. The SMILES string of the molecule is CO[C@@H]1CCN(C(C)C(C)O)C1. The van der Waals surface area contributed by atoms with E-state index in [1.54, 1.807) is 7.11 Å². The molecule has 0 saturated carbocycles. The number of aliphatic hydroxyl groups is 1. The van der Waals surface area contributed by atoms with Crippen LogP contribution in [0.25, 0.3) is 0 Å². The summed E-state index contributed by atoms with van der Waals surface area (Å²) in [5.74, 6) is 0. The van der Waals surface area contributed by atoms with E-state index in [0.29, 0.717) is 6.10 Å². The monoisotopic (exact) mass is 173 g/mol. The summed E-state index contributed by atoms with van der Waals surface area (Å²) in [5.41, 5.74) is 0. The van der Waals surface area contributed by atoms with Gasteiger partial charge in [0, 0.05) is 26.2 Å². The van der Waals surface area contributed by atoms with Gasteiger partial charge in [0.05, 0.1) is 12.2 Å². The topological polar surface area (TPSA) is 32.7 Å². The Hall–Kier alpha value is -0.120. The highest BCUT2D eigenvalue weighted by Crippen LogP contribution is 2.16. The van der Waals surface area contributed by atoms with Gasteiger partial charge < -0.3 is 9.84 Å². The van der Waals surface area contributed by atoms with Crippen molar-refractivity contribution in [3.05, 3.63) is 0 Å². The molecule has 0 radical (unpaired) electrons. The van der Waals surface area contributed by atoms with Gasteiger partial charge >= 0.3 is 0 Å². The average molecular weight is 173 g/mol. The minimum atomic E-state index is -0.249. The summed E-state index contributed by atoms with van der Waals surface area (Å²) in [6, 6.07) is 0.255. The van der Waals surface area contributed by atoms with E-state index in [-0.39, 0.29) is 12.1 Å². The normalized spacial score (nSPS) is 30.5. The molecule has 0 spiro atoms. The number of rotatable bonds is 3. The first-order chi connectivity index (χ1) is 5.65. The summed E-state index contributed by atoms with van der Waals surface area (Å²) in [6.45, 7) is 5.90. The molecule has 1 rings (SSSR count). The molecule has 72 valence electrons. The van der Waals surface area contributed by atoms with Crippen LogP contribution in [0.15, 0.2) is 0 Å². The fourth-order valence-electron chi connectivity index (χ4n) is 1.62. The van der Waals surface area contributed by atoms with Crippen LogP contribution in [0.5, 0.6) is 0 Å². The standard InChI is InChI=1S/C9H19NO2/c1-7(8(2)11)10-5-4-9(6-10)12-3/h7-9,11H,4-6H2,1-3H3/t7?,8?,9-/m1/s1. The maximum absolute atomic E-state index is 9.36. The van der Waals surface area contributed by atoms with Gasteiger partial charge in [0.1, 0.15) is 0 Å². The lowest BCUT2D eigenvalue weighted by molar-refractivity contribution is 0.0636. The van der Waals surface area contributed by atoms with Crippen LogP contribution >= 0.6 is 0 Å². The molecule has 1 aliphatic heterocycles. The first kappa shape index (κ1) is 9.96. The Morgan fingerprint density at radius 1 is 1.50 bits per heavy atom. The first-order valence-corrected chi connectivity index (χ1v) is 4.60. The molecule has 12 heavy (non-hydrogen) atoms. The van der Waals surface area contributed by atoms with Crippen molar-refractivity contribution in [3.8, 4) is 0 Å². The molecule has 3 nitrogen and oxygen atoms in total. The molecule has 1 heterocycles. The molecule has 0 amide bonds. The third-order valence-electron chi connectivity index (χ3n) is 2.78. The molecule has 0 aliphatic carbocycles. The third-order valence-corrected chi connectivity index (χ3v) is 2.78. The molecular formula is C9H19NO2. The zero-order valence-electron chi connectivity index (χ0n) is 8.16. The lowest BCUT2D eigenvalue weighted by Gasteiger charge is -2.26. The van der Waals surface area contributed by atoms with Crippen molar-refractivity contribution in [2.45, 2.75) is 38.5 Å². The highest BCUT2D eigenvalue weighted by atomic mass is 16.5. The quantitative estimate of drug-likeness (QED) is 0.673. The van der Waals surface area contributed by atoms with E-state index in [2.05, 4.69) is 11.8 Å². The fourth-order valence-corrected chi connectivity index (χ4v) is 1.62. The second-order valence-corrected chi connectivity index (χ2v) is 3.62. The summed E-state index contributed by atoms with van der Waals surface area (Å²) < 4.78 is 5.25. The molecule has 3 atom stereocenters. The molecule has 1 saturated heterocycles. The fraction of sp³-hybridized carbons (Fsp3) is 1.00. The van der Waals surface area contributed by atoms with Crippen LogP contribution in [0.3, 0.4) is 0 Å². The molecular weight excluding hydrogens is 154 g/mol. The Morgan fingerprint density at radius 2 is 2.17 bits per heavy atom. The lowest BCUT2D eigenvalue weighted by atomic mass is 10.2. The lowest BCUT2D eigenvalue weighted by Crippen LogP contribution is -2.39. The van der Waals surface area contributed by atoms with E-state index in [9.17, 15) is 5.11 Å². The van der Waals surface area contributed by atoms with Crippen LogP contribution in [0.2, 0.25) is 0 Å².